The maximum Gasteiger partial charge on any atom is 0.216 e. The van der Waals surface area contributed by atoms with Crippen LogP contribution in [0, 0.1) is 0 Å². The van der Waals surface area contributed by atoms with Crippen molar-refractivity contribution >= 4 is 21.6 Å². The van der Waals surface area contributed by atoms with Gasteiger partial charge in [0.2, 0.25) is 10.0 Å². The summed E-state index contributed by atoms with van der Waals surface area (Å²) in [5.41, 5.74) is 1.25. The van der Waals surface area contributed by atoms with Gasteiger partial charge in [-0.1, -0.05) is 23.7 Å². The summed E-state index contributed by atoms with van der Waals surface area (Å²) in [5, 5.41) is 0.652. The maximum atomic E-state index is 12.3. The van der Waals surface area contributed by atoms with E-state index in [-0.39, 0.29) is 11.3 Å². The lowest BCUT2D eigenvalue weighted by molar-refractivity contribution is 0.164. The van der Waals surface area contributed by atoms with E-state index in [0.717, 1.165) is 50.3 Å². The molecule has 1 aliphatic carbocycles. The van der Waals surface area contributed by atoms with Crippen molar-refractivity contribution in [1.29, 1.82) is 0 Å². The molecule has 0 unspecified atom stereocenters. The molecule has 0 bridgehead atoms. The van der Waals surface area contributed by atoms with Crippen molar-refractivity contribution in [2.24, 2.45) is 0 Å². The number of benzene rings is 1. The summed E-state index contributed by atoms with van der Waals surface area (Å²) in [6.45, 7) is 2.79. The second-order valence-corrected chi connectivity index (χ2v) is 9.10. The second-order valence-electron chi connectivity index (χ2n) is 6.39. The first-order chi connectivity index (χ1) is 10.5. The molecule has 0 aromatic heterocycles. The minimum absolute atomic E-state index is 0.107. The average Bonchev–Trinajstić information content (AvgIpc) is 3.35. The number of likely N-dealkylation sites (tertiary alicyclic amines) is 1. The van der Waals surface area contributed by atoms with Gasteiger partial charge >= 0.3 is 0 Å². The van der Waals surface area contributed by atoms with Crippen LogP contribution in [0.1, 0.15) is 31.2 Å². The predicted octanol–water partition coefficient (Wildman–Crippen LogP) is 2.73. The summed E-state index contributed by atoms with van der Waals surface area (Å²) < 4.78 is 26.2. The maximum absolute atomic E-state index is 12.3. The van der Waals surface area contributed by atoms with Crippen molar-refractivity contribution in [3.05, 3.63) is 34.9 Å². The quantitative estimate of drug-likeness (QED) is 0.826. The SMILES string of the molecule is CN(C1CCN(Cc2ccc(Cl)cc2)CC1)S(=O)(=O)C1CC1. The lowest BCUT2D eigenvalue weighted by Crippen LogP contribution is -2.46. The Bertz CT molecular complexity index is 606. The van der Waals surface area contributed by atoms with Gasteiger partial charge in [-0.15, -0.1) is 0 Å². The first kappa shape index (κ1) is 16.2. The Kier molecular flexibility index (Phi) is 4.78. The molecule has 1 aliphatic heterocycles. The Labute approximate surface area is 138 Å². The van der Waals surface area contributed by atoms with Crippen LogP contribution in [0.2, 0.25) is 5.02 Å². The van der Waals surface area contributed by atoms with Gasteiger partial charge in [0.1, 0.15) is 0 Å². The second kappa shape index (κ2) is 6.48. The summed E-state index contributed by atoms with van der Waals surface area (Å²) in [4.78, 5) is 2.39. The van der Waals surface area contributed by atoms with E-state index in [2.05, 4.69) is 17.0 Å². The molecule has 1 heterocycles. The average molecular weight is 343 g/mol. The number of rotatable bonds is 5. The van der Waals surface area contributed by atoms with Gasteiger partial charge in [-0.05, 0) is 43.4 Å². The molecule has 0 amide bonds. The third-order valence-corrected chi connectivity index (χ3v) is 7.40. The number of sulfonamides is 1. The van der Waals surface area contributed by atoms with E-state index in [1.807, 2.05) is 12.1 Å². The van der Waals surface area contributed by atoms with E-state index in [1.54, 1.807) is 11.4 Å². The van der Waals surface area contributed by atoms with Gasteiger partial charge in [-0.3, -0.25) is 4.90 Å². The highest BCUT2D eigenvalue weighted by Crippen LogP contribution is 2.32. The number of nitrogens with zero attached hydrogens (tertiary/aromatic N) is 2. The molecule has 0 radical (unpaired) electrons. The number of hydrogen-bond donors (Lipinski definition) is 0. The molecular formula is C16H23ClN2O2S. The zero-order chi connectivity index (χ0) is 15.7. The van der Waals surface area contributed by atoms with Crippen molar-refractivity contribution in [2.75, 3.05) is 20.1 Å². The molecule has 4 nitrogen and oxygen atoms in total. The minimum Gasteiger partial charge on any atom is -0.299 e. The van der Waals surface area contributed by atoms with Crippen LogP contribution in [0.25, 0.3) is 0 Å². The molecule has 1 aromatic carbocycles. The smallest absolute Gasteiger partial charge is 0.216 e. The van der Waals surface area contributed by atoms with Crippen molar-refractivity contribution in [3.63, 3.8) is 0 Å². The fourth-order valence-electron chi connectivity index (χ4n) is 3.10. The van der Waals surface area contributed by atoms with Crippen LogP contribution in [-0.2, 0) is 16.6 Å². The Morgan fingerprint density at radius 3 is 2.27 bits per heavy atom. The van der Waals surface area contributed by atoms with Crippen LogP contribution in [0.3, 0.4) is 0 Å². The van der Waals surface area contributed by atoms with Gasteiger partial charge in [0, 0.05) is 37.7 Å². The highest BCUT2D eigenvalue weighted by Gasteiger charge is 2.41. The molecule has 0 spiro atoms. The van der Waals surface area contributed by atoms with Crippen molar-refractivity contribution in [1.82, 2.24) is 9.21 Å². The molecule has 2 aliphatic rings. The Hall–Kier alpha value is -0.620. The molecule has 2 fully saturated rings. The molecule has 1 saturated carbocycles. The summed E-state index contributed by atoms with van der Waals surface area (Å²) in [6, 6.07) is 8.10. The fraction of sp³-hybridized carbons (Fsp3) is 0.625. The van der Waals surface area contributed by atoms with Gasteiger partial charge in [0.05, 0.1) is 5.25 Å². The lowest BCUT2D eigenvalue weighted by atomic mass is 10.0. The Morgan fingerprint density at radius 2 is 1.73 bits per heavy atom. The van der Waals surface area contributed by atoms with Gasteiger partial charge in [-0.25, -0.2) is 12.7 Å². The molecule has 0 N–H and O–H groups in total. The highest BCUT2D eigenvalue weighted by atomic mass is 35.5. The minimum atomic E-state index is -3.05. The molecule has 3 rings (SSSR count). The number of hydrogen-bond acceptors (Lipinski definition) is 3. The molecule has 0 atom stereocenters. The van der Waals surface area contributed by atoms with E-state index in [9.17, 15) is 8.42 Å². The highest BCUT2D eigenvalue weighted by molar-refractivity contribution is 7.90. The van der Waals surface area contributed by atoms with Crippen molar-refractivity contribution in [3.8, 4) is 0 Å². The van der Waals surface area contributed by atoms with E-state index in [1.165, 1.54) is 5.56 Å². The Balaban J connectivity index is 1.53. The number of piperidine rings is 1. The van der Waals surface area contributed by atoms with Crippen LogP contribution in [-0.4, -0.2) is 49.1 Å². The van der Waals surface area contributed by atoms with Crippen LogP contribution in [0.4, 0.5) is 0 Å². The van der Waals surface area contributed by atoms with Crippen LogP contribution >= 0.6 is 11.6 Å². The standard InChI is InChI=1S/C16H23ClN2O2S/c1-18(22(20,21)16-6-7-16)15-8-10-19(11-9-15)12-13-2-4-14(17)5-3-13/h2-5,15-16H,6-12H2,1H3. The van der Waals surface area contributed by atoms with E-state index in [4.69, 9.17) is 11.6 Å². The van der Waals surface area contributed by atoms with Crippen LogP contribution in [0.15, 0.2) is 24.3 Å². The van der Waals surface area contributed by atoms with Gasteiger partial charge in [0.15, 0.2) is 0 Å². The first-order valence-electron chi connectivity index (χ1n) is 7.90. The molecule has 22 heavy (non-hydrogen) atoms. The van der Waals surface area contributed by atoms with Crippen molar-refractivity contribution < 1.29 is 8.42 Å². The molecule has 6 heteroatoms. The normalized spacial score (nSPS) is 21.4. The van der Waals surface area contributed by atoms with Gasteiger partial charge < -0.3 is 0 Å². The van der Waals surface area contributed by atoms with E-state index >= 15 is 0 Å². The zero-order valence-electron chi connectivity index (χ0n) is 12.9. The number of halogens is 1. The zero-order valence-corrected chi connectivity index (χ0v) is 14.5. The topological polar surface area (TPSA) is 40.6 Å². The van der Waals surface area contributed by atoms with Gasteiger partial charge in [-0.2, -0.15) is 0 Å². The Morgan fingerprint density at radius 1 is 1.14 bits per heavy atom. The molecule has 1 saturated heterocycles. The predicted molar refractivity (Wildman–Crippen MR) is 89.5 cm³/mol. The third kappa shape index (κ3) is 3.65. The fourth-order valence-corrected chi connectivity index (χ4v) is 5.05. The molecular weight excluding hydrogens is 320 g/mol. The largest absolute Gasteiger partial charge is 0.299 e. The van der Waals surface area contributed by atoms with Crippen LogP contribution < -0.4 is 0 Å². The lowest BCUT2D eigenvalue weighted by Gasteiger charge is -2.36. The van der Waals surface area contributed by atoms with Crippen LogP contribution in [0.5, 0.6) is 0 Å². The molecule has 1 aromatic rings. The monoisotopic (exact) mass is 342 g/mol. The molecule has 122 valence electrons. The summed E-state index contributed by atoms with van der Waals surface area (Å²) in [6.07, 6.45) is 3.50. The summed E-state index contributed by atoms with van der Waals surface area (Å²) in [7, 11) is -1.29. The van der Waals surface area contributed by atoms with E-state index in [0.29, 0.717) is 0 Å². The van der Waals surface area contributed by atoms with E-state index < -0.39 is 10.0 Å². The third-order valence-electron chi connectivity index (χ3n) is 4.74. The summed E-state index contributed by atoms with van der Waals surface area (Å²) in [5.74, 6) is 0. The summed E-state index contributed by atoms with van der Waals surface area (Å²) >= 11 is 5.91. The van der Waals surface area contributed by atoms with Gasteiger partial charge in [0.25, 0.3) is 0 Å². The van der Waals surface area contributed by atoms with Crippen molar-refractivity contribution in [2.45, 2.75) is 43.5 Å². The first-order valence-corrected chi connectivity index (χ1v) is 9.78.